The molecule has 1 amide bonds. The lowest BCUT2D eigenvalue weighted by Gasteiger charge is -2.05. The van der Waals surface area contributed by atoms with Crippen LogP contribution in [0.1, 0.15) is 12.5 Å². The fraction of sp³-hybridized carbons (Fsp3) is 0.182. The number of halogens is 1. The highest BCUT2D eigenvalue weighted by molar-refractivity contribution is 6.37. The van der Waals surface area contributed by atoms with E-state index in [0.29, 0.717) is 11.3 Å². The van der Waals surface area contributed by atoms with Gasteiger partial charge >= 0.3 is 11.9 Å². The van der Waals surface area contributed by atoms with Gasteiger partial charge in [-0.25, -0.2) is 4.79 Å². The summed E-state index contributed by atoms with van der Waals surface area (Å²) in [5.74, 6) is -1.85. The van der Waals surface area contributed by atoms with Crippen LogP contribution in [-0.2, 0) is 14.3 Å². The number of esters is 1. The molecule has 1 aromatic rings. The van der Waals surface area contributed by atoms with Crippen LogP contribution in [0.2, 0.25) is 5.02 Å². The summed E-state index contributed by atoms with van der Waals surface area (Å²) in [5, 5.41) is 11.2. The molecule has 88 valence electrons. The Balaban J connectivity index is 2.77. The lowest BCUT2D eigenvalue weighted by molar-refractivity contribution is -0.152. The van der Waals surface area contributed by atoms with Gasteiger partial charge in [0.2, 0.25) is 0 Å². The van der Waals surface area contributed by atoms with Crippen LogP contribution in [0.5, 0.6) is 0 Å². The highest BCUT2D eigenvalue weighted by Gasteiger charge is 2.15. The van der Waals surface area contributed by atoms with Crippen LogP contribution in [0, 0.1) is 11.3 Å². The van der Waals surface area contributed by atoms with Gasteiger partial charge in [-0.15, -0.1) is 0 Å². The molecule has 1 N–H and O–H groups in total. The van der Waals surface area contributed by atoms with Crippen molar-refractivity contribution in [1.29, 1.82) is 5.26 Å². The minimum Gasteiger partial charge on any atom is -0.459 e. The van der Waals surface area contributed by atoms with E-state index in [4.69, 9.17) is 16.9 Å². The second-order valence-electron chi connectivity index (χ2n) is 2.98. The van der Waals surface area contributed by atoms with Crippen molar-refractivity contribution in [2.45, 2.75) is 6.92 Å². The third-order valence-corrected chi connectivity index (χ3v) is 2.12. The van der Waals surface area contributed by atoms with E-state index in [1.165, 1.54) is 18.2 Å². The highest BCUT2D eigenvalue weighted by Crippen LogP contribution is 2.20. The number of carbonyl (C=O) groups is 2. The molecule has 1 aromatic carbocycles. The average Bonchev–Trinajstić information content (AvgIpc) is 2.29. The van der Waals surface area contributed by atoms with Gasteiger partial charge in [0, 0.05) is 5.69 Å². The van der Waals surface area contributed by atoms with Gasteiger partial charge in [-0.1, -0.05) is 11.6 Å². The van der Waals surface area contributed by atoms with Crippen molar-refractivity contribution in [3.63, 3.8) is 0 Å². The fourth-order valence-corrected chi connectivity index (χ4v) is 1.29. The number of hydrogen-bond donors (Lipinski definition) is 1. The molecule has 0 aliphatic heterocycles. The van der Waals surface area contributed by atoms with Gasteiger partial charge in [0.25, 0.3) is 0 Å². The molecule has 0 bridgehead atoms. The van der Waals surface area contributed by atoms with E-state index in [9.17, 15) is 9.59 Å². The fourth-order valence-electron chi connectivity index (χ4n) is 1.06. The summed E-state index contributed by atoms with van der Waals surface area (Å²) in [5.41, 5.74) is 0.618. The summed E-state index contributed by atoms with van der Waals surface area (Å²) in [7, 11) is 0. The maximum Gasteiger partial charge on any atom is 0.397 e. The molecule has 0 fully saturated rings. The van der Waals surface area contributed by atoms with E-state index in [1.54, 1.807) is 6.92 Å². The summed E-state index contributed by atoms with van der Waals surface area (Å²) in [6, 6.07) is 6.19. The number of anilines is 1. The first-order valence-corrected chi connectivity index (χ1v) is 5.14. The predicted octanol–water partition coefficient (Wildman–Crippen LogP) is 1.71. The molecule has 0 saturated heterocycles. The van der Waals surface area contributed by atoms with Crippen LogP contribution in [0.4, 0.5) is 5.69 Å². The van der Waals surface area contributed by atoms with Gasteiger partial charge in [-0.3, -0.25) is 4.79 Å². The Morgan fingerprint density at radius 1 is 1.53 bits per heavy atom. The number of amides is 1. The molecule has 0 spiro atoms. The molecule has 0 aliphatic rings. The Morgan fingerprint density at radius 3 is 2.76 bits per heavy atom. The predicted molar refractivity (Wildman–Crippen MR) is 61.4 cm³/mol. The lowest BCUT2D eigenvalue weighted by Crippen LogP contribution is -2.24. The summed E-state index contributed by atoms with van der Waals surface area (Å²) < 4.78 is 4.51. The minimum absolute atomic E-state index is 0.125. The maximum absolute atomic E-state index is 11.3. The normalized spacial score (nSPS) is 9.24. The van der Waals surface area contributed by atoms with Gasteiger partial charge in [-0.05, 0) is 25.1 Å². The topological polar surface area (TPSA) is 79.2 Å². The van der Waals surface area contributed by atoms with E-state index in [2.05, 4.69) is 10.1 Å². The Labute approximate surface area is 103 Å². The van der Waals surface area contributed by atoms with Crippen molar-refractivity contribution in [2.75, 3.05) is 11.9 Å². The first kappa shape index (κ1) is 13.0. The zero-order valence-corrected chi connectivity index (χ0v) is 9.75. The Hall–Kier alpha value is -2.06. The summed E-state index contributed by atoms with van der Waals surface area (Å²) in [6.45, 7) is 1.73. The molecule has 0 unspecified atom stereocenters. The number of carbonyl (C=O) groups excluding carboxylic acids is 2. The highest BCUT2D eigenvalue weighted by atomic mass is 35.5. The Bertz CT molecular complexity index is 494. The first-order chi connectivity index (χ1) is 8.08. The van der Waals surface area contributed by atoms with Crippen molar-refractivity contribution in [3.05, 3.63) is 28.8 Å². The van der Waals surface area contributed by atoms with E-state index in [-0.39, 0.29) is 11.6 Å². The van der Waals surface area contributed by atoms with Gasteiger partial charge in [0.15, 0.2) is 0 Å². The van der Waals surface area contributed by atoms with Gasteiger partial charge in [0.05, 0.1) is 17.2 Å². The molecule has 0 atom stereocenters. The largest absolute Gasteiger partial charge is 0.459 e. The Morgan fingerprint density at radius 2 is 2.24 bits per heavy atom. The van der Waals surface area contributed by atoms with Crippen LogP contribution in [0.3, 0.4) is 0 Å². The van der Waals surface area contributed by atoms with Crippen LogP contribution < -0.4 is 5.32 Å². The van der Waals surface area contributed by atoms with Gasteiger partial charge < -0.3 is 10.1 Å². The molecular formula is C11H9ClN2O3. The van der Waals surface area contributed by atoms with Gasteiger partial charge in [-0.2, -0.15) is 5.26 Å². The summed E-state index contributed by atoms with van der Waals surface area (Å²) in [4.78, 5) is 22.3. The monoisotopic (exact) mass is 252 g/mol. The van der Waals surface area contributed by atoms with E-state index in [0.717, 1.165) is 0 Å². The van der Waals surface area contributed by atoms with Crippen molar-refractivity contribution >= 4 is 29.2 Å². The number of nitrogens with one attached hydrogen (secondary N) is 1. The molecule has 0 heterocycles. The van der Waals surface area contributed by atoms with E-state index < -0.39 is 11.9 Å². The number of ether oxygens (including phenoxy) is 1. The molecule has 17 heavy (non-hydrogen) atoms. The third kappa shape index (κ3) is 3.47. The zero-order valence-electron chi connectivity index (χ0n) is 8.99. The van der Waals surface area contributed by atoms with Crippen LogP contribution >= 0.6 is 11.6 Å². The molecule has 0 aromatic heterocycles. The first-order valence-electron chi connectivity index (χ1n) is 4.76. The third-order valence-electron chi connectivity index (χ3n) is 1.81. The van der Waals surface area contributed by atoms with Crippen LogP contribution in [0.25, 0.3) is 0 Å². The summed E-state index contributed by atoms with van der Waals surface area (Å²) in [6.07, 6.45) is 0. The van der Waals surface area contributed by atoms with Gasteiger partial charge in [0.1, 0.15) is 6.07 Å². The molecule has 0 aliphatic carbocycles. The van der Waals surface area contributed by atoms with Crippen LogP contribution in [-0.4, -0.2) is 18.5 Å². The SMILES string of the molecule is CCOC(=O)C(=O)Nc1ccc(C#N)c(Cl)c1. The number of hydrogen-bond acceptors (Lipinski definition) is 4. The second kappa shape index (κ2) is 5.87. The molecule has 5 nitrogen and oxygen atoms in total. The van der Waals surface area contributed by atoms with Crippen LogP contribution in [0.15, 0.2) is 18.2 Å². The standard InChI is InChI=1S/C11H9ClN2O3/c1-2-17-11(16)10(15)14-8-4-3-7(6-13)9(12)5-8/h3-5H,2H2,1H3,(H,14,15). The molecule has 1 rings (SSSR count). The quantitative estimate of drug-likeness (QED) is 0.642. The van der Waals surface area contributed by atoms with Crippen molar-refractivity contribution < 1.29 is 14.3 Å². The molecule has 0 saturated carbocycles. The van der Waals surface area contributed by atoms with E-state index >= 15 is 0 Å². The van der Waals surface area contributed by atoms with E-state index in [1.807, 2.05) is 6.07 Å². The smallest absolute Gasteiger partial charge is 0.397 e. The van der Waals surface area contributed by atoms with Crippen molar-refractivity contribution in [1.82, 2.24) is 0 Å². The second-order valence-corrected chi connectivity index (χ2v) is 3.39. The number of nitrogens with zero attached hydrogens (tertiary/aromatic N) is 1. The number of benzene rings is 1. The zero-order chi connectivity index (χ0) is 12.8. The number of nitriles is 1. The molecule has 0 radical (unpaired) electrons. The van der Waals surface area contributed by atoms with Crippen molar-refractivity contribution in [3.8, 4) is 6.07 Å². The number of rotatable bonds is 2. The summed E-state index contributed by atoms with van der Waals surface area (Å²) >= 11 is 5.76. The lowest BCUT2D eigenvalue weighted by atomic mass is 10.2. The Kier molecular flexibility index (Phi) is 4.49. The maximum atomic E-state index is 11.3. The molecule has 6 heteroatoms. The minimum atomic E-state index is -0.965. The average molecular weight is 253 g/mol. The van der Waals surface area contributed by atoms with Crippen molar-refractivity contribution in [2.24, 2.45) is 0 Å². The molecular weight excluding hydrogens is 244 g/mol.